The van der Waals surface area contributed by atoms with Crippen molar-refractivity contribution >= 4 is 16.9 Å². The molecule has 0 unspecified atom stereocenters. The molecule has 6 nitrogen and oxygen atoms in total. The van der Waals surface area contributed by atoms with Crippen LogP contribution in [0.2, 0.25) is 0 Å². The first-order valence-electron chi connectivity index (χ1n) is 9.41. The predicted octanol–water partition coefficient (Wildman–Crippen LogP) is 1.90. The van der Waals surface area contributed by atoms with E-state index in [4.69, 9.17) is 4.98 Å². The lowest BCUT2D eigenvalue weighted by atomic mass is 9.73. The van der Waals surface area contributed by atoms with Crippen LogP contribution < -0.4 is 5.32 Å². The molecule has 0 aliphatic carbocycles. The second-order valence-electron chi connectivity index (χ2n) is 9.24. The molecular weight excluding hydrogens is 326 g/mol. The van der Waals surface area contributed by atoms with E-state index in [1.54, 1.807) is 0 Å². The quantitative estimate of drug-likeness (QED) is 0.879. The summed E-state index contributed by atoms with van der Waals surface area (Å²) in [7, 11) is 0. The monoisotopic (exact) mass is 355 g/mol. The molecule has 0 atom stereocenters. The molecule has 0 radical (unpaired) electrons. The first-order chi connectivity index (χ1) is 12.2. The number of hydrogen-bond donors (Lipinski definition) is 2. The number of likely N-dealkylation sites (tertiary alicyclic amines) is 2. The number of fused-ring (bicyclic) bond motifs is 1. The number of para-hydroxylation sites is 1. The van der Waals surface area contributed by atoms with Crippen LogP contribution in [-0.2, 0) is 11.3 Å². The summed E-state index contributed by atoms with van der Waals surface area (Å²) in [6, 6.07) is 6.25. The van der Waals surface area contributed by atoms with Crippen LogP contribution in [0, 0.1) is 12.3 Å². The molecule has 1 aromatic heterocycles. The summed E-state index contributed by atoms with van der Waals surface area (Å²) in [5, 5.41) is 3.04. The Morgan fingerprint density at radius 2 is 1.92 bits per heavy atom. The van der Waals surface area contributed by atoms with Crippen molar-refractivity contribution < 1.29 is 4.79 Å². The zero-order valence-corrected chi connectivity index (χ0v) is 16.2. The van der Waals surface area contributed by atoms with E-state index in [-0.39, 0.29) is 11.4 Å². The largest absolute Gasteiger partial charge is 0.350 e. The number of aryl methyl sites for hydroxylation is 1. The van der Waals surface area contributed by atoms with E-state index in [0.717, 1.165) is 49.6 Å². The van der Waals surface area contributed by atoms with Crippen molar-refractivity contribution in [2.45, 2.75) is 39.8 Å². The van der Waals surface area contributed by atoms with Crippen molar-refractivity contribution in [1.82, 2.24) is 25.1 Å². The number of nitrogens with zero attached hydrogens (tertiary/aromatic N) is 3. The van der Waals surface area contributed by atoms with Gasteiger partial charge in [0.2, 0.25) is 5.91 Å². The highest BCUT2D eigenvalue weighted by Crippen LogP contribution is 2.39. The molecule has 2 aliphatic rings. The number of aromatic nitrogens is 2. The standard InChI is InChI=1S/C20H29N5O/c1-14-6-5-7-15-18(14)22-16(21-15)8-24-10-20(11-24)12-25(13-20)9-17(26)23-19(2,3)4/h5-7H,8-13H2,1-4H3,(H,21,22)(H,23,26). The minimum atomic E-state index is -0.155. The third kappa shape index (κ3) is 3.48. The van der Waals surface area contributed by atoms with Crippen LogP contribution in [0.5, 0.6) is 0 Å². The van der Waals surface area contributed by atoms with Crippen LogP contribution in [0.3, 0.4) is 0 Å². The Kier molecular flexibility index (Phi) is 4.08. The fraction of sp³-hybridized carbons (Fsp3) is 0.600. The number of carbonyl (C=O) groups excluding carboxylic acids is 1. The summed E-state index contributed by atoms with van der Waals surface area (Å²) in [4.78, 5) is 24.9. The maximum atomic E-state index is 12.0. The van der Waals surface area contributed by atoms with Gasteiger partial charge >= 0.3 is 0 Å². The molecular formula is C20H29N5O. The van der Waals surface area contributed by atoms with Gasteiger partial charge in [-0.2, -0.15) is 0 Å². The van der Waals surface area contributed by atoms with Crippen molar-refractivity contribution in [3.05, 3.63) is 29.6 Å². The average molecular weight is 355 g/mol. The smallest absolute Gasteiger partial charge is 0.234 e. The SMILES string of the molecule is Cc1cccc2[nH]c(CN3CC4(CN(CC(=O)NC(C)(C)C)C4)C3)nc12. The van der Waals surface area contributed by atoms with E-state index >= 15 is 0 Å². The van der Waals surface area contributed by atoms with E-state index in [2.05, 4.69) is 45.2 Å². The first-order valence-corrected chi connectivity index (χ1v) is 9.41. The zero-order valence-electron chi connectivity index (χ0n) is 16.2. The van der Waals surface area contributed by atoms with Gasteiger partial charge in [-0.3, -0.25) is 14.6 Å². The molecule has 26 heavy (non-hydrogen) atoms. The molecule has 3 heterocycles. The van der Waals surface area contributed by atoms with Gasteiger partial charge in [0, 0.05) is 37.1 Å². The zero-order chi connectivity index (χ0) is 18.5. The van der Waals surface area contributed by atoms with Crippen LogP contribution in [-0.4, -0.2) is 63.9 Å². The lowest BCUT2D eigenvalue weighted by Gasteiger charge is -2.60. The molecule has 1 amide bonds. The lowest BCUT2D eigenvalue weighted by molar-refractivity contribution is -0.139. The van der Waals surface area contributed by atoms with Crippen LogP contribution in [0.4, 0.5) is 0 Å². The van der Waals surface area contributed by atoms with Crippen LogP contribution in [0.15, 0.2) is 18.2 Å². The highest BCUT2D eigenvalue weighted by atomic mass is 16.2. The van der Waals surface area contributed by atoms with Gasteiger partial charge in [-0.05, 0) is 39.3 Å². The summed E-state index contributed by atoms with van der Waals surface area (Å²) in [6.45, 7) is 13.8. The van der Waals surface area contributed by atoms with Crippen molar-refractivity contribution in [3.8, 4) is 0 Å². The number of benzene rings is 1. The number of imidazole rings is 1. The second kappa shape index (κ2) is 6.06. The summed E-state index contributed by atoms with van der Waals surface area (Å²) in [5.41, 5.74) is 3.66. The Morgan fingerprint density at radius 3 is 2.58 bits per heavy atom. The number of aromatic amines is 1. The fourth-order valence-electron chi connectivity index (χ4n) is 4.40. The van der Waals surface area contributed by atoms with Crippen molar-refractivity contribution in [3.63, 3.8) is 0 Å². The first kappa shape index (κ1) is 17.5. The maximum absolute atomic E-state index is 12.0. The highest BCUT2D eigenvalue weighted by Gasteiger charge is 2.51. The molecule has 2 saturated heterocycles. The van der Waals surface area contributed by atoms with Crippen molar-refractivity contribution in [2.75, 3.05) is 32.7 Å². The number of amides is 1. The molecule has 2 aromatic rings. The Hall–Kier alpha value is -1.92. The third-order valence-electron chi connectivity index (χ3n) is 5.25. The molecule has 140 valence electrons. The van der Waals surface area contributed by atoms with Crippen molar-refractivity contribution in [2.24, 2.45) is 5.41 Å². The minimum absolute atomic E-state index is 0.126. The van der Waals surface area contributed by atoms with Crippen LogP contribution in [0.1, 0.15) is 32.2 Å². The molecule has 6 heteroatoms. The number of carbonyl (C=O) groups is 1. The molecule has 1 spiro atoms. The van der Waals surface area contributed by atoms with Gasteiger partial charge in [0.05, 0.1) is 24.1 Å². The molecule has 4 rings (SSSR count). The molecule has 2 fully saturated rings. The molecule has 2 aliphatic heterocycles. The van der Waals surface area contributed by atoms with Crippen LogP contribution >= 0.6 is 0 Å². The van der Waals surface area contributed by atoms with Gasteiger partial charge in [-0.25, -0.2) is 4.98 Å². The molecule has 0 bridgehead atoms. The maximum Gasteiger partial charge on any atom is 0.234 e. The Labute approximate surface area is 155 Å². The Balaban J connectivity index is 1.25. The number of nitrogens with one attached hydrogen (secondary N) is 2. The van der Waals surface area contributed by atoms with Gasteiger partial charge in [0.25, 0.3) is 0 Å². The molecule has 1 aromatic carbocycles. The summed E-state index contributed by atoms with van der Waals surface area (Å²) in [5.74, 6) is 1.17. The number of hydrogen-bond acceptors (Lipinski definition) is 4. The lowest BCUT2D eigenvalue weighted by Crippen LogP contribution is -2.72. The molecule has 2 N–H and O–H groups in total. The van der Waals surface area contributed by atoms with Crippen molar-refractivity contribution in [1.29, 1.82) is 0 Å². The van der Waals surface area contributed by atoms with E-state index in [1.807, 2.05) is 20.8 Å². The van der Waals surface area contributed by atoms with E-state index < -0.39 is 0 Å². The average Bonchev–Trinajstić information content (AvgIpc) is 2.85. The van der Waals surface area contributed by atoms with E-state index in [0.29, 0.717) is 12.0 Å². The van der Waals surface area contributed by atoms with Gasteiger partial charge in [0.15, 0.2) is 0 Å². The number of rotatable bonds is 4. The Morgan fingerprint density at radius 1 is 1.23 bits per heavy atom. The summed E-state index contributed by atoms with van der Waals surface area (Å²) >= 11 is 0. The predicted molar refractivity (Wildman–Crippen MR) is 103 cm³/mol. The van der Waals surface area contributed by atoms with Gasteiger partial charge < -0.3 is 10.3 Å². The van der Waals surface area contributed by atoms with E-state index in [1.165, 1.54) is 5.56 Å². The highest BCUT2D eigenvalue weighted by molar-refractivity contribution is 5.79. The number of H-pyrrole nitrogens is 1. The normalized spacial score (nSPS) is 20.2. The molecule has 0 saturated carbocycles. The van der Waals surface area contributed by atoms with Crippen LogP contribution in [0.25, 0.3) is 11.0 Å². The van der Waals surface area contributed by atoms with Gasteiger partial charge in [0.1, 0.15) is 5.82 Å². The van der Waals surface area contributed by atoms with Gasteiger partial charge in [-0.15, -0.1) is 0 Å². The Bertz CT molecular complexity index is 820. The topological polar surface area (TPSA) is 64.3 Å². The van der Waals surface area contributed by atoms with E-state index in [9.17, 15) is 4.79 Å². The second-order valence-corrected chi connectivity index (χ2v) is 9.24. The third-order valence-corrected chi connectivity index (χ3v) is 5.25. The fourth-order valence-corrected chi connectivity index (χ4v) is 4.40. The minimum Gasteiger partial charge on any atom is -0.350 e. The summed E-state index contributed by atoms with van der Waals surface area (Å²) in [6.07, 6.45) is 0. The summed E-state index contributed by atoms with van der Waals surface area (Å²) < 4.78 is 0. The van der Waals surface area contributed by atoms with Gasteiger partial charge in [-0.1, -0.05) is 12.1 Å².